The third kappa shape index (κ3) is 3.80. The maximum Gasteiger partial charge on any atom is 0.227 e. The molecule has 0 saturated heterocycles. The van der Waals surface area contributed by atoms with Crippen molar-refractivity contribution in [3.05, 3.63) is 29.6 Å². The molecule has 4 heteroatoms. The van der Waals surface area contributed by atoms with Crippen molar-refractivity contribution in [3.63, 3.8) is 0 Å². The van der Waals surface area contributed by atoms with Crippen LogP contribution in [0.2, 0.25) is 0 Å². The van der Waals surface area contributed by atoms with Gasteiger partial charge in [-0.15, -0.1) is 0 Å². The number of benzene rings is 1. The molecule has 1 saturated carbocycles. The fraction of sp³-hybridized carbons (Fsp3) is 0.500. The molecule has 1 N–H and O–H groups in total. The van der Waals surface area contributed by atoms with E-state index < -0.39 is 5.82 Å². The third-order valence-electron chi connectivity index (χ3n) is 3.84. The van der Waals surface area contributed by atoms with Crippen molar-refractivity contribution in [1.82, 2.24) is 0 Å². The molecule has 0 radical (unpaired) electrons. The molecule has 0 unspecified atom stereocenters. The number of nitrogens with zero attached hydrogens (tertiary/aromatic N) is 1. The lowest BCUT2D eigenvalue weighted by Gasteiger charge is -2.19. The molecule has 2 rings (SSSR count). The second kappa shape index (κ2) is 7.04. The van der Waals surface area contributed by atoms with Crippen LogP contribution >= 0.6 is 0 Å². The van der Waals surface area contributed by atoms with Crippen LogP contribution in [0, 0.1) is 23.1 Å². The number of halogens is 1. The van der Waals surface area contributed by atoms with Crippen molar-refractivity contribution in [1.29, 1.82) is 5.26 Å². The van der Waals surface area contributed by atoms with Crippen LogP contribution in [0.3, 0.4) is 0 Å². The molecule has 1 aromatic carbocycles. The monoisotopic (exact) mass is 274 g/mol. The van der Waals surface area contributed by atoms with Crippen LogP contribution in [-0.4, -0.2) is 5.91 Å². The van der Waals surface area contributed by atoms with Gasteiger partial charge in [-0.1, -0.05) is 32.1 Å². The molecule has 0 aliphatic heterocycles. The quantitative estimate of drug-likeness (QED) is 0.886. The Kier molecular flexibility index (Phi) is 5.11. The summed E-state index contributed by atoms with van der Waals surface area (Å²) in [6, 6.07) is 5.77. The zero-order valence-corrected chi connectivity index (χ0v) is 11.5. The fourth-order valence-electron chi connectivity index (χ4n) is 2.67. The molecule has 20 heavy (non-hydrogen) atoms. The minimum absolute atomic E-state index is 0.00639. The van der Waals surface area contributed by atoms with Gasteiger partial charge in [0.15, 0.2) is 0 Å². The first-order chi connectivity index (χ1) is 9.70. The lowest BCUT2D eigenvalue weighted by atomic mass is 9.90. The Balaban J connectivity index is 2.05. The van der Waals surface area contributed by atoms with Gasteiger partial charge in [0, 0.05) is 5.92 Å². The van der Waals surface area contributed by atoms with Gasteiger partial charge in [0.2, 0.25) is 5.91 Å². The van der Waals surface area contributed by atoms with E-state index in [1.807, 2.05) is 6.07 Å². The Morgan fingerprint density at radius 2 is 1.85 bits per heavy atom. The molecule has 1 aromatic rings. The van der Waals surface area contributed by atoms with Crippen molar-refractivity contribution in [3.8, 4) is 6.07 Å². The molecular formula is C16H19FN2O. The largest absolute Gasteiger partial charge is 0.325 e. The number of rotatable bonds is 2. The highest BCUT2D eigenvalue weighted by molar-refractivity contribution is 5.93. The Bertz CT molecular complexity index is 514. The summed E-state index contributed by atoms with van der Waals surface area (Å²) >= 11 is 0. The Labute approximate surface area is 118 Å². The van der Waals surface area contributed by atoms with Gasteiger partial charge < -0.3 is 5.32 Å². The zero-order chi connectivity index (χ0) is 14.4. The first-order valence-electron chi connectivity index (χ1n) is 7.21. The molecule has 3 nitrogen and oxygen atoms in total. The highest BCUT2D eigenvalue weighted by atomic mass is 19.1. The van der Waals surface area contributed by atoms with E-state index in [2.05, 4.69) is 5.32 Å². The highest BCUT2D eigenvalue weighted by Crippen LogP contribution is 2.24. The number of nitriles is 1. The fourth-order valence-corrected chi connectivity index (χ4v) is 2.67. The summed E-state index contributed by atoms with van der Waals surface area (Å²) in [5.74, 6) is -0.507. The molecule has 0 bridgehead atoms. The average Bonchev–Trinajstić information content (AvgIpc) is 2.40. The van der Waals surface area contributed by atoms with Crippen LogP contribution in [0.15, 0.2) is 18.2 Å². The second-order valence-corrected chi connectivity index (χ2v) is 5.33. The summed E-state index contributed by atoms with van der Waals surface area (Å²) < 4.78 is 13.1. The molecule has 0 atom stereocenters. The minimum Gasteiger partial charge on any atom is -0.325 e. The van der Waals surface area contributed by atoms with E-state index in [0.29, 0.717) is 5.69 Å². The highest BCUT2D eigenvalue weighted by Gasteiger charge is 2.20. The summed E-state index contributed by atoms with van der Waals surface area (Å²) in [4.78, 5) is 12.3. The second-order valence-electron chi connectivity index (χ2n) is 5.33. The Hall–Kier alpha value is -1.89. The van der Waals surface area contributed by atoms with E-state index in [1.54, 1.807) is 0 Å². The van der Waals surface area contributed by atoms with E-state index >= 15 is 0 Å². The molecule has 0 spiro atoms. The van der Waals surface area contributed by atoms with Crippen molar-refractivity contribution in [2.45, 2.75) is 44.9 Å². The van der Waals surface area contributed by atoms with Gasteiger partial charge in [0.25, 0.3) is 0 Å². The Morgan fingerprint density at radius 1 is 1.20 bits per heavy atom. The van der Waals surface area contributed by atoms with Gasteiger partial charge in [-0.2, -0.15) is 5.26 Å². The number of anilines is 1. The summed E-state index contributed by atoms with van der Waals surface area (Å²) in [7, 11) is 0. The molecule has 1 fully saturated rings. The normalized spacial score (nSPS) is 16.8. The summed E-state index contributed by atoms with van der Waals surface area (Å²) in [6.07, 6.45) is 7.57. The van der Waals surface area contributed by atoms with Gasteiger partial charge in [-0.05, 0) is 31.0 Å². The lowest BCUT2D eigenvalue weighted by Crippen LogP contribution is -2.24. The molecule has 106 valence electrons. The number of hydrogen-bond donors (Lipinski definition) is 1. The van der Waals surface area contributed by atoms with E-state index in [4.69, 9.17) is 5.26 Å². The van der Waals surface area contributed by atoms with Gasteiger partial charge in [-0.25, -0.2) is 4.39 Å². The maximum absolute atomic E-state index is 13.1. The van der Waals surface area contributed by atoms with Crippen LogP contribution in [0.25, 0.3) is 0 Å². The van der Waals surface area contributed by atoms with E-state index in [1.165, 1.54) is 31.4 Å². The van der Waals surface area contributed by atoms with Crippen LogP contribution in [0.5, 0.6) is 0 Å². The zero-order valence-electron chi connectivity index (χ0n) is 11.5. The van der Waals surface area contributed by atoms with Crippen LogP contribution in [-0.2, 0) is 4.79 Å². The topological polar surface area (TPSA) is 52.9 Å². The van der Waals surface area contributed by atoms with Crippen LogP contribution in [0.1, 0.15) is 50.5 Å². The minimum atomic E-state index is -0.467. The van der Waals surface area contributed by atoms with Gasteiger partial charge in [-0.3, -0.25) is 4.79 Å². The van der Waals surface area contributed by atoms with Crippen LogP contribution in [0.4, 0.5) is 10.1 Å². The predicted molar refractivity (Wildman–Crippen MR) is 75.6 cm³/mol. The number of carbonyl (C=O) groups excluding carboxylic acids is 1. The lowest BCUT2D eigenvalue weighted by molar-refractivity contribution is -0.120. The third-order valence-corrected chi connectivity index (χ3v) is 3.84. The van der Waals surface area contributed by atoms with Gasteiger partial charge in [0.05, 0.1) is 11.3 Å². The SMILES string of the molecule is N#Cc1cc(F)ccc1NC(=O)C1CCCCCCC1. The number of carbonyl (C=O) groups is 1. The van der Waals surface area contributed by atoms with E-state index in [-0.39, 0.29) is 17.4 Å². The van der Waals surface area contributed by atoms with Crippen molar-refractivity contribution >= 4 is 11.6 Å². The summed E-state index contributed by atoms with van der Waals surface area (Å²) in [6.45, 7) is 0. The van der Waals surface area contributed by atoms with E-state index in [0.717, 1.165) is 31.7 Å². The van der Waals surface area contributed by atoms with E-state index in [9.17, 15) is 9.18 Å². The number of hydrogen-bond acceptors (Lipinski definition) is 2. The smallest absolute Gasteiger partial charge is 0.227 e. The van der Waals surface area contributed by atoms with Crippen LogP contribution < -0.4 is 5.32 Å². The summed E-state index contributed by atoms with van der Waals surface area (Å²) in [5, 5.41) is 11.8. The summed E-state index contributed by atoms with van der Waals surface area (Å²) in [5.41, 5.74) is 0.574. The average molecular weight is 274 g/mol. The first-order valence-corrected chi connectivity index (χ1v) is 7.21. The van der Waals surface area contributed by atoms with Crippen molar-refractivity contribution in [2.24, 2.45) is 5.92 Å². The standard InChI is InChI=1S/C16H19FN2O/c17-14-8-9-15(13(10-14)11-18)19-16(20)12-6-4-2-1-3-5-7-12/h8-10,12H,1-7H2,(H,19,20). The molecule has 1 aliphatic rings. The predicted octanol–water partition coefficient (Wildman–Crippen LogP) is 4.00. The molecule has 0 aromatic heterocycles. The number of nitrogens with one attached hydrogen (secondary N) is 1. The number of amides is 1. The molecule has 1 aliphatic carbocycles. The van der Waals surface area contributed by atoms with Gasteiger partial charge >= 0.3 is 0 Å². The Morgan fingerprint density at radius 3 is 2.50 bits per heavy atom. The first kappa shape index (κ1) is 14.5. The van der Waals surface area contributed by atoms with Gasteiger partial charge in [0.1, 0.15) is 11.9 Å². The van der Waals surface area contributed by atoms with Crippen molar-refractivity contribution in [2.75, 3.05) is 5.32 Å². The molecular weight excluding hydrogens is 255 g/mol. The maximum atomic E-state index is 13.1. The van der Waals surface area contributed by atoms with Crippen molar-refractivity contribution < 1.29 is 9.18 Å². The molecule has 1 amide bonds. The molecule has 0 heterocycles.